The first-order valence-electron chi connectivity index (χ1n) is 6.49. The quantitative estimate of drug-likeness (QED) is 0.706. The highest BCUT2D eigenvalue weighted by molar-refractivity contribution is 9.10. The molecule has 0 radical (unpaired) electrons. The Hall–Kier alpha value is -0.780. The molecule has 1 rings (SSSR count). The molecule has 4 nitrogen and oxygen atoms in total. The Labute approximate surface area is 122 Å². The van der Waals surface area contributed by atoms with Gasteiger partial charge < -0.3 is 19.3 Å². The van der Waals surface area contributed by atoms with Crippen LogP contribution < -0.4 is 9.47 Å². The Bertz CT molecular complexity index is 382. The van der Waals surface area contributed by atoms with E-state index in [9.17, 15) is 5.11 Å². The average molecular weight is 333 g/mol. The van der Waals surface area contributed by atoms with Crippen LogP contribution in [0.3, 0.4) is 0 Å². The van der Waals surface area contributed by atoms with E-state index < -0.39 is 0 Å². The van der Waals surface area contributed by atoms with E-state index in [2.05, 4.69) is 15.9 Å². The zero-order valence-corrected chi connectivity index (χ0v) is 13.0. The second-order valence-electron chi connectivity index (χ2n) is 3.89. The summed E-state index contributed by atoms with van der Waals surface area (Å²) in [6, 6.07) is 3.63. The molecular weight excluding hydrogens is 312 g/mol. The molecule has 0 aromatic heterocycles. The van der Waals surface area contributed by atoms with Gasteiger partial charge in [0.15, 0.2) is 11.5 Å². The Balaban J connectivity index is 2.68. The molecule has 0 fully saturated rings. The van der Waals surface area contributed by atoms with Gasteiger partial charge in [-0.3, -0.25) is 0 Å². The van der Waals surface area contributed by atoms with Crippen molar-refractivity contribution in [1.82, 2.24) is 0 Å². The van der Waals surface area contributed by atoms with E-state index in [-0.39, 0.29) is 6.61 Å². The third-order valence-electron chi connectivity index (χ3n) is 2.44. The van der Waals surface area contributed by atoms with Gasteiger partial charge in [0.2, 0.25) is 0 Å². The summed E-state index contributed by atoms with van der Waals surface area (Å²) in [5.41, 5.74) is 0.789. The number of halogens is 1. The smallest absolute Gasteiger partial charge is 0.175 e. The fourth-order valence-corrected chi connectivity index (χ4v) is 2.20. The molecule has 0 saturated heterocycles. The lowest BCUT2D eigenvalue weighted by molar-refractivity contribution is 0.130. The van der Waals surface area contributed by atoms with E-state index >= 15 is 0 Å². The molecule has 5 heteroatoms. The molecule has 0 aliphatic rings. The molecule has 0 spiro atoms. The number of aliphatic hydroxyl groups excluding tert-OH is 1. The summed E-state index contributed by atoms with van der Waals surface area (Å²) in [6.45, 7) is 6.39. The summed E-state index contributed by atoms with van der Waals surface area (Å²) < 4.78 is 17.3. The summed E-state index contributed by atoms with van der Waals surface area (Å²) in [5.74, 6) is 1.33. The maximum absolute atomic E-state index is 9.19. The van der Waals surface area contributed by atoms with Gasteiger partial charge in [-0.1, -0.05) is 0 Å². The molecule has 0 aliphatic heterocycles. The molecule has 0 atom stereocenters. The summed E-state index contributed by atoms with van der Waals surface area (Å²) in [5, 5.41) is 9.19. The number of hydrogen-bond donors (Lipinski definition) is 1. The van der Waals surface area contributed by atoms with E-state index in [4.69, 9.17) is 14.2 Å². The van der Waals surface area contributed by atoms with Crippen LogP contribution in [0.25, 0.3) is 0 Å². The van der Waals surface area contributed by atoms with Crippen LogP contribution in [0.2, 0.25) is 0 Å². The molecule has 1 aromatic rings. The molecule has 0 heterocycles. The van der Waals surface area contributed by atoms with Crippen LogP contribution in [-0.4, -0.2) is 31.5 Å². The van der Waals surface area contributed by atoms with E-state index in [1.807, 2.05) is 19.9 Å². The summed E-state index contributed by atoms with van der Waals surface area (Å²) in [4.78, 5) is 0. The minimum atomic E-state index is -0.0245. The van der Waals surface area contributed by atoms with Crippen molar-refractivity contribution in [3.8, 4) is 11.5 Å². The minimum absolute atomic E-state index is 0.0245. The Morgan fingerprint density at radius 1 is 1.11 bits per heavy atom. The lowest BCUT2D eigenvalue weighted by atomic mass is 10.2. The van der Waals surface area contributed by atoms with Gasteiger partial charge in [0, 0.05) is 19.6 Å². The van der Waals surface area contributed by atoms with E-state index in [0.717, 1.165) is 23.1 Å². The third-order valence-corrected chi connectivity index (χ3v) is 3.02. The van der Waals surface area contributed by atoms with Gasteiger partial charge in [0.1, 0.15) is 0 Å². The minimum Gasteiger partial charge on any atom is -0.490 e. The van der Waals surface area contributed by atoms with Crippen molar-refractivity contribution in [2.24, 2.45) is 0 Å². The molecule has 19 heavy (non-hydrogen) atoms. The average Bonchev–Trinajstić information content (AvgIpc) is 2.41. The maximum Gasteiger partial charge on any atom is 0.175 e. The Morgan fingerprint density at radius 3 is 2.53 bits per heavy atom. The van der Waals surface area contributed by atoms with E-state index in [0.29, 0.717) is 31.3 Å². The Kier molecular flexibility index (Phi) is 7.86. The predicted molar refractivity (Wildman–Crippen MR) is 77.8 cm³/mol. The second kappa shape index (κ2) is 9.18. The van der Waals surface area contributed by atoms with Crippen molar-refractivity contribution in [3.05, 3.63) is 22.2 Å². The lowest BCUT2D eigenvalue weighted by Crippen LogP contribution is -2.05. The van der Waals surface area contributed by atoms with Gasteiger partial charge in [0.25, 0.3) is 0 Å². The van der Waals surface area contributed by atoms with Crippen LogP contribution in [0.5, 0.6) is 11.5 Å². The van der Waals surface area contributed by atoms with Gasteiger partial charge >= 0.3 is 0 Å². The van der Waals surface area contributed by atoms with Gasteiger partial charge in [-0.2, -0.15) is 0 Å². The number of ether oxygens (including phenoxy) is 3. The van der Waals surface area contributed by atoms with Gasteiger partial charge in [-0.15, -0.1) is 0 Å². The van der Waals surface area contributed by atoms with E-state index in [1.165, 1.54) is 0 Å². The molecule has 0 amide bonds. The molecule has 0 unspecified atom stereocenters. The van der Waals surface area contributed by atoms with Gasteiger partial charge in [-0.25, -0.2) is 0 Å². The first-order chi connectivity index (χ1) is 9.22. The van der Waals surface area contributed by atoms with Crippen molar-refractivity contribution < 1.29 is 19.3 Å². The summed E-state index contributed by atoms with van der Waals surface area (Å²) in [6.07, 6.45) is 0.827. The lowest BCUT2D eigenvalue weighted by Gasteiger charge is -2.15. The molecule has 0 saturated carbocycles. The number of rotatable bonds is 9. The van der Waals surface area contributed by atoms with Crippen LogP contribution >= 0.6 is 15.9 Å². The second-order valence-corrected chi connectivity index (χ2v) is 4.75. The van der Waals surface area contributed by atoms with Crippen molar-refractivity contribution in [1.29, 1.82) is 0 Å². The Morgan fingerprint density at radius 2 is 1.89 bits per heavy atom. The van der Waals surface area contributed by atoms with Gasteiger partial charge in [-0.05, 0) is 47.5 Å². The molecular formula is C14H21BrO4. The largest absolute Gasteiger partial charge is 0.490 e. The number of hydrogen-bond acceptors (Lipinski definition) is 4. The molecule has 108 valence electrons. The molecule has 0 bridgehead atoms. The fourth-order valence-electron chi connectivity index (χ4n) is 1.60. The van der Waals surface area contributed by atoms with Crippen LogP contribution in [0.4, 0.5) is 0 Å². The van der Waals surface area contributed by atoms with Crippen LogP contribution in [0.1, 0.15) is 25.8 Å². The molecule has 0 aliphatic carbocycles. The first kappa shape index (κ1) is 16.3. The highest BCUT2D eigenvalue weighted by Gasteiger charge is 2.11. The number of aliphatic hydroxyl groups is 1. The third kappa shape index (κ3) is 5.38. The zero-order chi connectivity index (χ0) is 14.1. The van der Waals surface area contributed by atoms with Gasteiger partial charge in [0.05, 0.1) is 24.3 Å². The van der Waals surface area contributed by atoms with Crippen molar-refractivity contribution in [2.45, 2.75) is 26.9 Å². The topological polar surface area (TPSA) is 47.9 Å². The summed E-state index contributed by atoms with van der Waals surface area (Å²) >= 11 is 3.44. The zero-order valence-electron chi connectivity index (χ0n) is 11.4. The predicted octanol–water partition coefficient (Wildman–Crippen LogP) is 3.15. The molecule has 1 N–H and O–H groups in total. The molecule has 1 aromatic carbocycles. The van der Waals surface area contributed by atoms with Crippen molar-refractivity contribution in [2.75, 3.05) is 26.4 Å². The summed E-state index contributed by atoms with van der Waals surface area (Å²) in [7, 11) is 0. The maximum atomic E-state index is 9.19. The monoisotopic (exact) mass is 332 g/mol. The fraction of sp³-hybridized carbons (Fsp3) is 0.571. The van der Waals surface area contributed by atoms with E-state index in [1.54, 1.807) is 6.07 Å². The van der Waals surface area contributed by atoms with Crippen LogP contribution in [-0.2, 0) is 11.3 Å². The SMILES string of the molecule is CCOCCCOc1c(Br)cc(CO)cc1OCC. The standard InChI is InChI=1S/C14H21BrO4/c1-3-17-6-5-7-19-14-12(15)8-11(10-16)9-13(14)18-4-2/h8-9,16H,3-7,10H2,1-2H3. The van der Waals surface area contributed by atoms with Crippen molar-refractivity contribution in [3.63, 3.8) is 0 Å². The number of benzene rings is 1. The van der Waals surface area contributed by atoms with Crippen LogP contribution in [0, 0.1) is 0 Å². The highest BCUT2D eigenvalue weighted by Crippen LogP contribution is 2.37. The first-order valence-corrected chi connectivity index (χ1v) is 7.28. The van der Waals surface area contributed by atoms with Crippen LogP contribution in [0.15, 0.2) is 16.6 Å². The van der Waals surface area contributed by atoms with Crippen molar-refractivity contribution >= 4 is 15.9 Å². The normalized spacial score (nSPS) is 10.5. The highest BCUT2D eigenvalue weighted by atomic mass is 79.9.